The van der Waals surface area contributed by atoms with Gasteiger partial charge < -0.3 is 15.3 Å². The molecule has 1 saturated heterocycles. The van der Waals surface area contributed by atoms with Crippen LogP contribution >= 0.6 is 0 Å². The van der Waals surface area contributed by atoms with Crippen molar-refractivity contribution in [2.45, 2.75) is 25.7 Å². The number of likely N-dealkylation sites (tertiary alicyclic amines) is 1. The van der Waals surface area contributed by atoms with Gasteiger partial charge in [-0.15, -0.1) is 0 Å². The van der Waals surface area contributed by atoms with Gasteiger partial charge in [-0.3, -0.25) is 9.59 Å². The van der Waals surface area contributed by atoms with Crippen LogP contribution in [0.2, 0.25) is 0 Å². The topological polar surface area (TPSA) is 86.7 Å². The smallest absolute Gasteiger partial charge is 0.317 e. The highest BCUT2D eigenvalue weighted by Gasteiger charge is 2.31. The van der Waals surface area contributed by atoms with Gasteiger partial charge in [-0.2, -0.15) is 0 Å². The molecule has 1 fully saturated rings. The number of piperidine rings is 1. The first-order chi connectivity index (χ1) is 12.3. The van der Waals surface area contributed by atoms with E-state index in [2.05, 4.69) is 5.32 Å². The Bertz CT molecular complexity index is 680. The van der Waals surface area contributed by atoms with E-state index >= 15 is 0 Å². The van der Waals surface area contributed by atoms with E-state index < -0.39 is 40.7 Å². The molecule has 1 aliphatic rings. The van der Waals surface area contributed by atoms with Crippen molar-refractivity contribution in [3.63, 3.8) is 0 Å². The average molecular weight is 372 g/mol. The van der Waals surface area contributed by atoms with Crippen LogP contribution in [0.1, 0.15) is 36.0 Å². The van der Waals surface area contributed by atoms with Crippen molar-refractivity contribution >= 4 is 17.8 Å². The number of hydrogen-bond acceptors (Lipinski definition) is 3. The standard InChI is InChI=1S/C17H19F3N2O4/c18-11-8-12(19)15(13(20)9-11)16(25)10-3-6-22(7-4-10)17(26)21-5-1-2-14(23)24/h8-10H,1-7H2,(H,21,26)(H,23,24). The molecule has 0 unspecified atom stereocenters. The number of aliphatic carboxylic acids is 1. The lowest BCUT2D eigenvalue weighted by atomic mass is 9.88. The first-order valence-corrected chi connectivity index (χ1v) is 8.23. The van der Waals surface area contributed by atoms with Crippen LogP contribution in [0.4, 0.5) is 18.0 Å². The van der Waals surface area contributed by atoms with Gasteiger partial charge in [0, 0.05) is 44.1 Å². The highest BCUT2D eigenvalue weighted by atomic mass is 19.1. The van der Waals surface area contributed by atoms with Gasteiger partial charge in [0.15, 0.2) is 5.78 Å². The Hall–Kier alpha value is -2.58. The second kappa shape index (κ2) is 8.68. The molecule has 2 amide bonds. The number of carbonyl (C=O) groups is 3. The molecule has 0 spiro atoms. The first-order valence-electron chi connectivity index (χ1n) is 8.23. The molecule has 9 heteroatoms. The molecule has 1 aromatic carbocycles. The third-order valence-corrected chi connectivity index (χ3v) is 4.25. The molecule has 2 N–H and O–H groups in total. The summed E-state index contributed by atoms with van der Waals surface area (Å²) in [7, 11) is 0. The van der Waals surface area contributed by atoms with E-state index in [1.54, 1.807) is 0 Å². The minimum absolute atomic E-state index is 0.0499. The number of urea groups is 1. The first kappa shape index (κ1) is 19.7. The number of carboxylic acid groups (broad SMARTS) is 1. The number of ketones is 1. The summed E-state index contributed by atoms with van der Waals surface area (Å²) in [6.07, 6.45) is 0.722. The van der Waals surface area contributed by atoms with Crippen LogP contribution < -0.4 is 5.32 Å². The monoisotopic (exact) mass is 372 g/mol. The second-order valence-electron chi connectivity index (χ2n) is 6.10. The Kier molecular flexibility index (Phi) is 6.59. The fourth-order valence-electron chi connectivity index (χ4n) is 2.87. The summed E-state index contributed by atoms with van der Waals surface area (Å²) >= 11 is 0. The van der Waals surface area contributed by atoms with Crippen molar-refractivity contribution < 1.29 is 32.7 Å². The molecule has 0 saturated carbocycles. The van der Waals surface area contributed by atoms with Gasteiger partial charge in [-0.25, -0.2) is 18.0 Å². The van der Waals surface area contributed by atoms with Crippen LogP contribution in [-0.2, 0) is 4.79 Å². The molecule has 0 radical (unpaired) electrons. The van der Waals surface area contributed by atoms with Gasteiger partial charge in [0.05, 0.1) is 5.56 Å². The van der Waals surface area contributed by atoms with Crippen molar-refractivity contribution in [2.24, 2.45) is 5.92 Å². The average Bonchev–Trinajstić information content (AvgIpc) is 2.57. The molecule has 0 atom stereocenters. The lowest BCUT2D eigenvalue weighted by Crippen LogP contribution is -2.45. The number of halogens is 3. The van der Waals surface area contributed by atoms with E-state index in [1.807, 2.05) is 0 Å². The molecular formula is C17H19F3N2O4. The third-order valence-electron chi connectivity index (χ3n) is 4.25. The number of carbonyl (C=O) groups excluding carboxylic acids is 2. The largest absolute Gasteiger partial charge is 0.481 e. The molecular weight excluding hydrogens is 353 g/mol. The van der Waals surface area contributed by atoms with Crippen molar-refractivity contribution in [1.29, 1.82) is 0 Å². The minimum Gasteiger partial charge on any atom is -0.481 e. The Labute approximate surface area is 148 Å². The quantitative estimate of drug-likeness (QED) is 0.594. The number of benzene rings is 1. The highest BCUT2D eigenvalue weighted by Crippen LogP contribution is 2.25. The van der Waals surface area contributed by atoms with Crippen molar-refractivity contribution in [3.8, 4) is 0 Å². The zero-order valence-electron chi connectivity index (χ0n) is 13.9. The minimum atomic E-state index is -1.23. The number of hydrogen-bond donors (Lipinski definition) is 2. The number of rotatable bonds is 6. The molecule has 0 aromatic heterocycles. The third kappa shape index (κ3) is 4.96. The van der Waals surface area contributed by atoms with Crippen LogP contribution in [-0.4, -0.2) is 47.4 Å². The maximum atomic E-state index is 13.7. The predicted octanol–water partition coefficient (Wildman–Crippen LogP) is 2.57. The summed E-state index contributed by atoms with van der Waals surface area (Å²) in [6, 6.07) is 0.562. The number of amides is 2. The van der Waals surface area contributed by atoms with Gasteiger partial charge in [-0.05, 0) is 19.3 Å². The Morgan fingerprint density at radius 3 is 2.23 bits per heavy atom. The molecule has 6 nitrogen and oxygen atoms in total. The van der Waals surface area contributed by atoms with Crippen LogP contribution in [0.5, 0.6) is 0 Å². The van der Waals surface area contributed by atoms with E-state index in [1.165, 1.54) is 4.90 Å². The molecule has 142 valence electrons. The van der Waals surface area contributed by atoms with E-state index in [4.69, 9.17) is 5.11 Å². The molecule has 2 rings (SSSR count). The summed E-state index contributed by atoms with van der Waals surface area (Å²) in [5.74, 6) is -5.89. The summed E-state index contributed by atoms with van der Waals surface area (Å²) < 4.78 is 40.4. The lowest BCUT2D eigenvalue weighted by molar-refractivity contribution is -0.137. The van der Waals surface area contributed by atoms with Crippen LogP contribution in [0.3, 0.4) is 0 Å². The Balaban J connectivity index is 1.87. The molecule has 1 aromatic rings. The summed E-state index contributed by atoms with van der Waals surface area (Å²) in [6.45, 7) is 0.674. The second-order valence-corrected chi connectivity index (χ2v) is 6.10. The molecule has 1 aliphatic heterocycles. The van der Waals surface area contributed by atoms with Crippen LogP contribution in [0, 0.1) is 23.4 Å². The van der Waals surface area contributed by atoms with Gasteiger partial charge in [0.1, 0.15) is 17.5 Å². The predicted molar refractivity (Wildman–Crippen MR) is 85.2 cm³/mol. The fraction of sp³-hybridized carbons (Fsp3) is 0.471. The number of nitrogens with zero attached hydrogens (tertiary/aromatic N) is 1. The van der Waals surface area contributed by atoms with Gasteiger partial charge in [0.25, 0.3) is 0 Å². The Morgan fingerprint density at radius 1 is 1.12 bits per heavy atom. The lowest BCUT2D eigenvalue weighted by Gasteiger charge is -2.31. The summed E-state index contributed by atoms with van der Waals surface area (Å²) in [4.78, 5) is 36.1. The maximum absolute atomic E-state index is 13.7. The summed E-state index contributed by atoms with van der Waals surface area (Å²) in [5.41, 5.74) is -0.747. The van der Waals surface area contributed by atoms with E-state index in [-0.39, 0.29) is 44.9 Å². The number of nitrogens with one attached hydrogen (secondary N) is 1. The van der Waals surface area contributed by atoms with Crippen molar-refractivity contribution in [3.05, 3.63) is 35.1 Å². The van der Waals surface area contributed by atoms with Crippen molar-refractivity contribution in [2.75, 3.05) is 19.6 Å². The van der Waals surface area contributed by atoms with Gasteiger partial charge in [-0.1, -0.05) is 0 Å². The zero-order chi connectivity index (χ0) is 19.3. The normalized spacial score (nSPS) is 15.0. The van der Waals surface area contributed by atoms with Crippen molar-refractivity contribution in [1.82, 2.24) is 10.2 Å². The van der Waals surface area contributed by atoms with Crippen LogP contribution in [0.15, 0.2) is 12.1 Å². The molecule has 0 aliphatic carbocycles. The SMILES string of the molecule is O=C(O)CCCNC(=O)N1CCC(C(=O)c2c(F)cc(F)cc2F)CC1. The van der Waals surface area contributed by atoms with Gasteiger partial charge >= 0.3 is 12.0 Å². The molecule has 0 bridgehead atoms. The fourth-order valence-corrected chi connectivity index (χ4v) is 2.87. The molecule has 26 heavy (non-hydrogen) atoms. The van der Waals surface area contributed by atoms with E-state index in [9.17, 15) is 27.6 Å². The Morgan fingerprint density at radius 2 is 1.69 bits per heavy atom. The molecule has 1 heterocycles. The maximum Gasteiger partial charge on any atom is 0.317 e. The highest BCUT2D eigenvalue weighted by molar-refractivity contribution is 5.98. The zero-order valence-corrected chi connectivity index (χ0v) is 13.9. The number of carboxylic acids is 1. The summed E-state index contributed by atoms with van der Waals surface area (Å²) in [5, 5.41) is 11.1. The van der Waals surface area contributed by atoms with Gasteiger partial charge in [0.2, 0.25) is 0 Å². The van der Waals surface area contributed by atoms with E-state index in [0.717, 1.165) is 0 Å². The van der Waals surface area contributed by atoms with Crippen LogP contribution in [0.25, 0.3) is 0 Å². The van der Waals surface area contributed by atoms with E-state index in [0.29, 0.717) is 18.6 Å². The number of Topliss-reactive ketones (excluding diaryl/α,β-unsaturated/α-hetero) is 1.